The summed E-state index contributed by atoms with van der Waals surface area (Å²) in [6, 6.07) is 5.00. The first-order valence-electron chi connectivity index (χ1n) is 6.19. The van der Waals surface area contributed by atoms with Gasteiger partial charge in [-0.15, -0.1) is 0 Å². The third-order valence-electron chi connectivity index (χ3n) is 3.08. The Labute approximate surface area is 125 Å². The SMILES string of the molecule is COc1cc(C(C)=O)ncc1-c1cc2nccc(Cl)c2o1. The van der Waals surface area contributed by atoms with Crippen LogP contribution in [0.15, 0.2) is 35.0 Å². The van der Waals surface area contributed by atoms with Crippen LogP contribution in [0, 0.1) is 0 Å². The fourth-order valence-electron chi connectivity index (χ4n) is 2.02. The molecule has 0 aromatic carbocycles. The van der Waals surface area contributed by atoms with Crippen LogP contribution in [-0.4, -0.2) is 22.9 Å². The van der Waals surface area contributed by atoms with Gasteiger partial charge in [-0.05, 0) is 6.07 Å². The van der Waals surface area contributed by atoms with Crippen LogP contribution in [0.2, 0.25) is 5.02 Å². The Hall–Kier alpha value is -2.40. The van der Waals surface area contributed by atoms with Gasteiger partial charge in [-0.1, -0.05) is 11.6 Å². The number of hydrogen-bond acceptors (Lipinski definition) is 5. The highest BCUT2D eigenvalue weighted by molar-refractivity contribution is 6.34. The Kier molecular flexibility index (Phi) is 3.35. The fourth-order valence-corrected chi connectivity index (χ4v) is 2.21. The number of carbonyl (C=O) groups excluding carboxylic acids is 1. The number of halogens is 1. The molecule has 3 aromatic heterocycles. The molecule has 0 aliphatic heterocycles. The zero-order chi connectivity index (χ0) is 15.0. The van der Waals surface area contributed by atoms with Gasteiger partial charge in [-0.25, -0.2) is 0 Å². The third kappa shape index (κ3) is 2.36. The van der Waals surface area contributed by atoms with E-state index in [1.54, 1.807) is 30.6 Å². The fraction of sp³-hybridized carbons (Fsp3) is 0.133. The summed E-state index contributed by atoms with van der Waals surface area (Å²) in [7, 11) is 1.52. The smallest absolute Gasteiger partial charge is 0.178 e. The minimum atomic E-state index is -0.130. The van der Waals surface area contributed by atoms with Crippen LogP contribution in [0.25, 0.3) is 22.4 Å². The number of nitrogens with zero attached hydrogens (tertiary/aromatic N) is 2. The molecule has 106 valence electrons. The maximum absolute atomic E-state index is 11.4. The molecule has 0 bridgehead atoms. The molecule has 0 aliphatic carbocycles. The lowest BCUT2D eigenvalue weighted by molar-refractivity contribution is 0.101. The number of ether oxygens (including phenoxy) is 1. The van der Waals surface area contributed by atoms with Gasteiger partial charge < -0.3 is 9.15 Å². The van der Waals surface area contributed by atoms with Gasteiger partial charge in [0.2, 0.25) is 0 Å². The van der Waals surface area contributed by atoms with Crippen LogP contribution in [0.5, 0.6) is 5.75 Å². The molecule has 0 atom stereocenters. The van der Waals surface area contributed by atoms with Crippen molar-refractivity contribution in [1.29, 1.82) is 0 Å². The van der Waals surface area contributed by atoms with Gasteiger partial charge in [0, 0.05) is 31.5 Å². The van der Waals surface area contributed by atoms with Gasteiger partial charge >= 0.3 is 0 Å². The van der Waals surface area contributed by atoms with E-state index >= 15 is 0 Å². The highest BCUT2D eigenvalue weighted by Crippen LogP contribution is 2.35. The molecule has 0 saturated carbocycles. The van der Waals surface area contributed by atoms with Crippen LogP contribution < -0.4 is 4.74 Å². The standard InChI is InChI=1S/C15H11ClN2O3/c1-8(19)11-5-13(20-2)9(7-18-11)14-6-12-15(21-14)10(16)3-4-17-12/h3-7H,1-2H3. The number of carbonyl (C=O) groups is 1. The zero-order valence-electron chi connectivity index (χ0n) is 11.4. The first-order valence-corrected chi connectivity index (χ1v) is 6.57. The Bertz CT molecular complexity index is 842. The van der Waals surface area contributed by atoms with Gasteiger partial charge in [-0.2, -0.15) is 0 Å². The molecule has 3 heterocycles. The summed E-state index contributed by atoms with van der Waals surface area (Å²) in [5.74, 6) is 0.907. The lowest BCUT2D eigenvalue weighted by atomic mass is 10.1. The largest absolute Gasteiger partial charge is 0.496 e. The van der Waals surface area contributed by atoms with Crippen LogP contribution in [0.1, 0.15) is 17.4 Å². The molecule has 3 rings (SSSR count). The van der Waals surface area contributed by atoms with E-state index in [9.17, 15) is 4.79 Å². The number of hydrogen-bond donors (Lipinski definition) is 0. The number of fused-ring (bicyclic) bond motifs is 1. The van der Waals surface area contributed by atoms with Gasteiger partial charge in [0.25, 0.3) is 0 Å². The van der Waals surface area contributed by atoms with Crippen molar-refractivity contribution in [3.63, 3.8) is 0 Å². The number of pyridine rings is 2. The second kappa shape index (κ2) is 5.18. The van der Waals surface area contributed by atoms with Crippen molar-refractivity contribution in [1.82, 2.24) is 9.97 Å². The monoisotopic (exact) mass is 302 g/mol. The van der Waals surface area contributed by atoms with E-state index < -0.39 is 0 Å². The second-order valence-electron chi connectivity index (χ2n) is 4.44. The summed E-state index contributed by atoms with van der Waals surface area (Å²) in [5.41, 5.74) is 2.13. The van der Waals surface area contributed by atoms with Crippen molar-refractivity contribution >= 4 is 28.5 Å². The normalized spacial score (nSPS) is 10.8. The third-order valence-corrected chi connectivity index (χ3v) is 3.37. The molecule has 0 saturated heterocycles. The van der Waals surface area contributed by atoms with Crippen molar-refractivity contribution in [2.24, 2.45) is 0 Å². The Morgan fingerprint density at radius 3 is 2.81 bits per heavy atom. The molecule has 0 radical (unpaired) electrons. The summed E-state index contributed by atoms with van der Waals surface area (Å²) in [6.07, 6.45) is 3.15. The average molecular weight is 303 g/mol. The highest BCUT2D eigenvalue weighted by atomic mass is 35.5. The van der Waals surface area contributed by atoms with Crippen LogP contribution >= 0.6 is 11.6 Å². The van der Waals surface area contributed by atoms with Gasteiger partial charge in [0.15, 0.2) is 11.4 Å². The van der Waals surface area contributed by atoms with E-state index in [4.69, 9.17) is 20.8 Å². The molecule has 3 aromatic rings. The molecule has 6 heteroatoms. The second-order valence-corrected chi connectivity index (χ2v) is 4.85. The number of methoxy groups -OCH3 is 1. The summed E-state index contributed by atoms with van der Waals surface area (Å²) in [4.78, 5) is 19.7. The van der Waals surface area contributed by atoms with E-state index in [0.717, 1.165) is 0 Å². The van der Waals surface area contributed by atoms with Gasteiger partial charge in [0.1, 0.15) is 22.7 Å². The van der Waals surface area contributed by atoms with E-state index in [1.807, 2.05) is 0 Å². The Morgan fingerprint density at radius 1 is 1.33 bits per heavy atom. The van der Waals surface area contributed by atoms with E-state index in [2.05, 4.69) is 9.97 Å². The number of rotatable bonds is 3. The summed E-state index contributed by atoms with van der Waals surface area (Å²) < 4.78 is 11.0. The molecule has 0 unspecified atom stereocenters. The Morgan fingerprint density at radius 2 is 2.14 bits per heavy atom. The first kappa shape index (κ1) is 13.6. The molecule has 0 amide bonds. The highest BCUT2D eigenvalue weighted by Gasteiger charge is 2.16. The van der Waals surface area contributed by atoms with Crippen molar-refractivity contribution in [3.8, 4) is 17.1 Å². The van der Waals surface area contributed by atoms with Gasteiger partial charge in [0.05, 0.1) is 17.7 Å². The summed E-state index contributed by atoms with van der Waals surface area (Å²) >= 11 is 6.07. The van der Waals surface area contributed by atoms with Gasteiger partial charge in [-0.3, -0.25) is 14.8 Å². The van der Waals surface area contributed by atoms with Crippen molar-refractivity contribution in [3.05, 3.63) is 41.3 Å². The van der Waals surface area contributed by atoms with Crippen LogP contribution in [-0.2, 0) is 0 Å². The van der Waals surface area contributed by atoms with E-state index in [1.165, 1.54) is 14.0 Å². The summed E-state index contributed by atoms with van der Waals surface area (Å²) in [6.45, 7) is 1.45. The molecule has 21 heavy (non-hydrogen) atoms. The minimum Gasteiger partial charge on any atom is -0.496 e. The molecule has 0 aliphatic rings. The van der Waals surface area contributed by atoms with Crippen LogP contribution in [0.4, 0.5) is 0 Å². The predicted molar refractivity (Wildman–Crippen MR) is 78.8 cm³/mol. The lowest BCUT2D eigenvalue weighted by Crippen LogP contribution is -1.98. The molecule has 5 nitrogen and oxygen atoms in total. The summed E-state index contributed by atoms with van der Waals surface area (Å²) in [5, 5.41) is 0.485. The van der Waals surface area contributed by atoms with Crippen LogP contribution in [0.3, 0.4) is 0 Å². The maximum Gasteiger partial charge on any atom is 0.178 e. The maximum atomic E-state index is 11.4. The average Bonchev–Trinajstić information content (AvgIpc) is 2.91. The predicted octanol–water partition coefficient (Wildman–Crippen LogP) is 3.75. The van der Waals surface area contributed by atoms with Crippen molar-refractivity contribution in [2.75, 3.05) is 7.11 Å². The van der Waals surface area contributed by atoms with Crippen molar-refractivity contribution < 1.29 is 13.9 Å². The van der Waals surface area contributed by atoms with Crippen molar-refractivity contribution in [2.45, 2.75) is 6.92 Å². The molecule has 0 spiro atoms. The Balaban J connectivity index is 2.18. The topological polar surface area (TPSA) is 65.2 Å². The molecular weight excluding hydrogens is 292 g/mol. The number of aromatic nitrogens is 2. The number of ketones is 1. The molecular formula is C15H11ClN2O3. The quantitative estimate of drug-likeness (QED) is 0.689. The van der Waals surface area contributed by atoms with E-state index in [0.29, 0.717) is 38.9 Å². The number of furan rings is 1. The number of Topliss-reactive ketones (excluding diaryl/α,β-unsaturated/α-hetero) is 1. The lowest BCUT2D eigenvalue weighted by Gasteiger charge is -2.06. The molecule has 0 fully saturated rings. The minimum absolute atomic E-state index is 0.130. The zero-order valence-corrected chi connectivity index (χ0v) is 12.1. The first-order chi connectivity index (χ1) is 10.1. The molecule has 0 N–H and O–H groups in total. The van der Waals surface area contributed by atoms with E-state index in [-0.39, 0.29) is 5.78 Å².